The molecule has 1 N–H and O–H groups in total. The highest BCUT2D eigenvalue weighted by atomic mass is 28.4. The molecule has 0 saturated carbocycles. The van der Waals surface area contributed by atoms with Crippen LogP contribution in [0.5, 0.6) is 0 Å². The van der Waals surface area contributed by atoms with Crippen molar-refractivity contribution in [3.05, 3.63) is 35.9 Å². The van der Waals surface area contributed by atoms with Gasteiger partial charge >= 0.3 is 5.97 Å². The predicted octanol–water partition coefficient (Wildman–Crippen LogP) is 5.83. The number of aliphatic hydroxyl groups excluding tert-OH is 1. The molecule has 0 aromatic heterocycles. The fraction of sp³-hybridized carbons (Fsp3) is 0.731. The SMILES string of the molecule is COC(=O)C[C@@H](O)[C@@H]1O[C@H](c2ccccc2)[C@@H](O[Si](C)(C)C(C)(C)C)[C@@H]1O[Si](C)(C)C(C)(C)C. The Bertz CT molecular complexity index is 813. The van der Waals surface area contributed by atoms with Crippen molar-refractivity contribution in [2.75, 3.05) is 7.11 Å². The van der Waals surface area contributed by atoms with Crippen LogP contribution in [0.3, 0.4) is 0 Å². The summed E-state index contributed by atoms with van der Waals surface area (Å²) in [7, 11) is -3.18. The molecule has 0 bridgehead atoms. The van der Waals surface area contributed by atoms with Gasteiger partial charge in [-0.05, 0) is 41.8 Å². The second-order valence-corrected chi connectivity index (χ2v) is 22.0. The molecule has 1 aromatic rings. The number of esters is 1. The fourth-order valence-electron chi connectivity index (χ4n) is 3.57. The summed E-state index contributed by atoms with van der Waals surface area (Å²) in [6.45, 7) is 22.0. The van der Waals surface area contributed by atoms with Crippen LogP contribution >= 0.6 is 0 Å². The standard InChI is InChI=1S/C26H46O6Si2/c1-25(2,3)33(8,9)31-23-21(18-15-13-12-14-16-18)30-22(19(27)17-20(28)29-7)24(23)32-34(10,11)26(4,5)6/h12-16,19,21-24,27H,17H2,1-11H3/t19-,21-,22+,23-,24-/m1/s1. The van der Waals surface area contributed by atoms with Gasteiger partial charge in [-0.2, -0.15) is 0 Å². The van der Waals surface area contributed by atoms with Crippen molar-refractivity contribution in [2.24, 2.45) is 0 Å². The molecule has 1 aliphatic heterocycles. The Morgan fingerprint density at radius 1 is 0.941 bits per heavy atom. The minimum absolute atomic E-state index is 0.0154. The van der Waals surface area contributed by atoms with E-state index >= 15 is 0 Å². The molecule has 1 saturated heterocycles. The lowest BCUT2D eigenvalue weighted by Gasteiger charge is -2.44. The van der Waals surface area contributed by atoms with Gasteiger partial charge in [0.25, 0.3) is 0 Å². The number of hydrogen-bond donors (Lipinski definition) is 1. The zero-order valence-electron chi connectivity index (χ0n) is 23.0. The van der Waals surface area contributed by atoms with Crippen molar-refractivity contribution in [1.82, 2.24) is 0 Å². The highest BCUT2D eigenvalue weighted by molar-refractivity contribution is 6.74. The van der Waals surface area contributed by atoms with Crippen molar-refractivity contribution in [3.8, 4) is 0 Å². The number of hydrogen-bond acceptors (Lipinski definition) is 6. The van der Waals surface area contributed by atoms with Crippen molar-refractivity contribution in [1.29, 1.82) is 0 Å². The summed E-state index contributed by atoms with van der Waals surface area (Å²) in [4.78, 5) is 12.0. The van der Waals surface area contributed by atoms with E-state index in [0.717, 1.165) is 5.56 Å². The van der Waals surface area contributed by atoms with E-state index in [1.165, 1.54) is 7.11 Å². The molecule has 5 atom stereocenters. The summed E-state index contributed by atoms with van der Waals surface area (Å²) in [6.07, 6.45) is -3.28. The van der Waals surface area contributed by atoms with Crippen LogP contribution < -0.4 is 0 Å². The number of carbonyl (C=O) groups excluding carboxylic acids is 1. The van der Waals surface area contributed by atoms with Crippen LogP contribution in [0.1, 0.15) is 59.6 Å². The smallest absolute Gasteiger partial charge is 0.308 e. The van der Waals surface area contributed by atoms with Gasteiger partial charge in [0.15, 0.2) is 16.6 Å². The molecule has 0 radical (unpaired) electrons. The third kappa shape index (κ3) is 6.59. The summed E-state index contributed by atoms with van der Waals surface area (Å²) in [5.74, 6) is -0.479. The molecule has 34 heavy (non-hydrogen) atoms. The molecule has 1 aliphatic rings. The van der Waals surface area contributed by atoms with Crippen LogP contribution in [0, 0.1) is 0 Å². The number of benzene rings is 1. The largest absolute Gasteiger partial charge is 0.469 e. The maximum atomic E-state index is 12.0. The van der Waals surface area contributed by atoms with Gasteiger partial charge in [-0.15, -0.1) is 0 Å². The average molecular weight is 511 g/mol. The van der Waals surface area contributed by atoms with E-state index in [-0.39, 0.29) is 16.5 Å². The molecule has 0 aliphatic carbocycles. The highest BCUT2D eigenvalue weighted by Crippen LogP contribution is 2.47. The Balaban J connectivity index is 2.58. The van der Waals surface area contributed by atoms with Gasteiger partial charge in [-0.25, -0.2) is 0 Å². The molecular formula is C26H46O6Si2. The predicted molar refractivity (Wildman–Crippen MR) is 141 cm³/mol. The zero-order chi connectivity index (χ0) is 26.1. The first-order chi connectivity index (χ1) is 15.4. The number of ether oxygens (including phenoxy) is 2. The van der Waals surface area contributed by atoms with Crippen molar-refractivity contribution < 1.29 is 28.2 Å². The first kappa shape index (κ1) is 29.2. The van der Waals surface area contributed by atoms with Crippen LogP contribution in [-0.4, -0.2) is 59.2 Å². The summed E-state index contributed by atoms with van der Waals surface area (Å²) in [6, 6.07) is 9.96. The Labute approximate surface area is 208 Å². The van der Waals surface area contributed by atoms with E-state index in [1.807, 2.05) is 30.3 Å². The van der Waals surface area contributed by atoms with E-state index in [2.05, 4.69) is 67.7 Å². The Hall–Kier alpha value is -1.04. The molecular weight excluding hydrogens is 464 g/mol. The second-order valence-electron chi connectivity index (χ2n) is 12.5. The first-order valence-corrected chi connectivity index (χ1v) is 18.0. The molecule has 8 heteroatoms. The van der Waals surface area contributed by atoms with Crippen LogP contribution in [0.2, 0.25) is 36.3 Å². The van der Waals surface area contributed by atoms with E-state index in [1.54, 1.807) is 0 Å². The molecule has 6 nitrogen and oxygen atoms in total. The van der Waals surface area contributed by atoms with Gasteiger partial charge in [0, 0.05) is 0 Å². The molecule has 0 spiro atoms. The van der Waals surface area contributed by atoms with Crippen molar-refractivity contribution >= 4 is 22.6 Å². The van der Waals surface area contributed by atoms with Gasteiger partial charge in [-0.3, -0.25) is 4.79 Å². The van der Waals surface area contributed by atoms with Gasteiger partial charge in [0.1, 0.15) is 24.4 Å². The van der Waals surface area contributed by atoms with E-state index in [9.17, 15) is 9.90 Å². The minimum atomic E-state index is -2.27. The fourth-order valence-corrected chi connectivity index (χ4v) is 6.17. The lowest BCUT2D eigenvalue weighted by Crippen LogP contribution is -2.54. The lowest BCUT2D eigenvalue weighted by atomic mass is 9.99. The number of carbonyl (C=O) groups is 1. The molecule has 1 heterocycles. The Kier molecular flexibility index (Phi) is 9.04. The molecule has 0 amide bonds. The monoisotopic (exact) mass is 510 g/mol. The van der Waals surface area contributed by atoms with Gasteiger partial charge in [0.2, 0.25) is 0 Å². The minimum Gasteiger partial charge on any atom is -0.469 e. The van der Waals surface area contributed by atoms with Gasteiger partial charge < -0.3 is 23.4 Å². The normalized spacial score (nSPS) is 25.3. The van der Waals surface area contributed by atoms with Gasteiger partial charge in [0.05, 0.1) is 19.6 Å². The average Bonchev–Trinajstić information content (AvgIpc) is 3.03. The quantitative estimate of drug-likeness (QED) is 0.350. The first-order valence-electron chi connectivity index (χ1n) is 12.2. The molecule has 0 unspecified atom stereocenters. The lowest BCUT2D eigenvalue weighted by molar-refractivity contribution is -0.146. The Morgan fingerprint density at radius 3 is 1.85 bits per heavy atom. The van der Waals surface area contributed by atoms with Gasteiger partial charge in [-0.1, -0.05) is 71.9 Å². The molecule has 1 fully saturated rings. The van der Waals surface area contributed by atoms with Crippen molar-refractivity contribution in [3.63, 3.8) is 0 Å². The second kappa shape index (κ2) is 10.5. The van der Waals surface area contributed by atoms with E-state index < -0.39 is 53.1 Å². The number of rotatable bonds is 8. The summed E-state index contributed by atoms with van der Waals surface area (Å²) < 4.78 is 25.3. The van der Waals surface area contributed by atoms with Crippen LogP contribution in [0.4, 0.5) is 0 Å². The number of aliphatic hydroxyl groups is 1. The molecule has 2 rings (SSSR count). The maximum Gasteiger partial charge on any atom is 0.308 e. The van der Waals surface area contributed by atoms with Crippen molar-refractivity contribution in [2.45, 2.75) is 115 Å². The summed E-state index contributed by atoms with van der Waals surface area (Å²) in [5.41, 5.74) is 0.975. The third-order valence-electron chi connectivity index (χ3n) is 7.83. The van der Waals surface area contributed by atoms with Crippen LogP contribution in [0.15, 0.2) is 30.3 Å². The van der Waals surface area contributed by atoms with Crippen LogP contribution in [-0.2, 0) is 23.1 Å². The third-order valence-corrected chi connectivity index (χ3v) is 16.8. The maximum absolute atomic E-state index is 12.0. The number of methoxy groups -OCH3 is 1. The molecule has 194 valence electrons. The highest BCUT2D eigenvalue weighted by Gasteiger charge is 2.55. The summed E-state index contributed by atoms with van der Waals surface area (Å²) in [5, 5.41) is 11.1. The van der Waals surface area contributed by atoms with Crippen LogP contribution in [0.25, 0.3) is 0 Å². The Morgan fingerprint density at radius 2 is 1.41 bits per heavy atom. The summed E-state index contributed by atoms with van der Waals surface area (Å²) >= 11 is 0. The molecule has 1 aromatic carbocycles. The topological polar surface area (TPSA) is 74.2 Å². The van der Waals surface area contributed by atoms with E-state index in [0.29, 0.717) is 0 Å². The zero-order valence-corrected chi connectivity index (χ0v) is 25.0. The van der Waals surface area contributed by atoms with E-state index in [4.69, 9.17) is 18.3 Å².